The van der Waals surface area contributed by atoms with Gasteiger partial charge in [0.1, 0.15) is 11.6 Å². The van der Waals surface area contributed by atoms with Crippen molar-refractivity contribution in [3.8, 4) is 0 Å². The third-order valence-corrected chi connectivity index (χ3v) is 2.58. The van der Waals surface area contributed by atoms with Crippen molar-refractivity contribution < 1.29 is 8.78 Å². The Hall–Kier alpha value is -1.91. The van der Waals surface area contributed by atoms with Crippen molar-refractivity contribution in [1.29, 1.82) is 0 Å². The van der Waals surface area contributed by atoms with Crippen molar-refractivity contribution in [2.45, 2.75) is 26.4 Å². The van der Waals surface area contributed by atoms with Crippen molar-refractivity contribution in [1.82, 2.24) is 9.78 Å². The number of benzene rings is 1. The summed E-state index contributed by atoms with van der Waals surface area (Å²) in [6.07, 6.45) is 4.52. The summed E-state index contributed by atoms with van der Waals surface area (Å²) < 4.78 is 28.1. The van der Waals surface area contributed by atoms with E-state index in [1.54, 1.807) is 6.20 Å². The molecule has 1 aromatic carbocycles. The molecule has 2 rings (SSSR count). The van der Waals surface area contributed by atoms with Gasteiger partial charge in [-0.2, -0.15) is 5.10 Å². The van der Waals surface area contributed by atoms with Gasteiger partial charge in [-0.15, -0.1) is 0 Å². The Labute approximate surface area is 104 Å². The molecule has 0 saturated carbocycles. The standard InChI is InChI=1S/C13H15F2N3/c1-2-5-18-9-12(8-17-18)16-7-10-6-11(14)3-4-13(10)15/h3-4,6,8-9,16H,2,5,7H2,1H3. The number of aryl methyl sites for hydroxylation is 1. The number of anilines is 1. The van der Waals surface area contributed by atoms with Crippen molar-refractivity contribution in [3.63, 3.8) is 0 Å². The third-order valence-electron chi connectivity index (χ3n) is 2.58. The second kappa shape index (κ2) is 5.62. The number of hydrogen-bond donors (Lipinski definition) is 1. The van der Waals surface area contributed by atoms with Crippen LogP contribution in [0.15, 0.2) is 30.6 Å². The van der Waals surface area contributed by atoms with Gasteiger partial charge in [-0.3, -0.25) is 4.68 Å². The van der Waals surface area contributed by atoms with Crippen molar-refractivity contribution in [2.24, 2.45) is 0 Å². The first-order valence-corrected chi connectivity index (χ1v) is 5.89. The van der Waals surface area contributed by atoms with Crippen LogP contribution in [0.1, 0.15) is 18.9 Å². The van der Waals surface area contributed by atoms with Crippen LogP contribution in [0.4, 0.5) is 14.5 Å². The van der Waals surface area contributed by atoms with Gasteiger partial charge in [0, 0.05) is 24.8 Å². The highest BCUT2D eigenvalue weighted by Crippen LogP contribution is 2.13. The number of nitrogens with one attached hydrogen (secondary N) is 1. The largest absolute Gasteiger partial charge is 0.378 e. The van der Waals surface area contributed by atoms with E-state index in [9.17, 15) is 8.78 Å². The molecule has 0 spiro atoms. The van der Waals surface area contributed by atoms with E-state index in [2.05, 4.69) is 17.3 Å². The Morgan fingerprint density at radius 2 is 2.17 bits per heavy atom. The summed E-state index contributed by atoms with van der Waals surface area (Å²) >= 11 is 0. The first-order chi connectivity index (χ1) is 8.69. The number of rotatable bonds is 5. The van der Waals surface area contributed by atoms with E-state index in [0.29, 0.717) is 5.56 Å². The lowest BCUT2D eigenvalue weighted by molar-refractivity contribution is 0.587. The highest BCUT2D eigenvalue weighted by molar-refractivity contribution is 5.39. The van der Waals surface area contributed by atoms with Crippen molar-refractivity contribution >= 4 is 5.69 Å². The van der Waals surface area contributed by atoms with Crippen LogP contribution in [0.5, 0.6) is 0 Å². The Morgan fingerprint density at radius 3 is 2.94 bits per heavy atom. The fourth-order valence-electron chi connectivity index (χ4n) is 1.68. The fourth-order valence-corrected chi connectivity index (χ4v) is 1.68. The molecule has 1 aromatic heterocycles. The quantitative estimate of drug-likeness (QED) is 0.884. The van der Waals surface area contributed by atoms with Crippen LogP contribution in [0, 0.1) is 11.6 Å². The first kappa shape index (κ1) is 12.5. The van der Waals surface area contributed by atoms with Gasteiger partial charge < -0.3 is 5.32 Å². The lowest BCUT2D eigenvalue weighted by Crippen LogP contribution is -2.02. The summed E-state index contributed by atoms with van der Waals surface area (Å²) in [4.78, 5) is 0. The maximum absolute atomic E-state index is 13.4. The van der Waals surface area contributed by atoms with Crippen LogP contribution < -0.4 is 5.32 Å². The molecule has 0 saturated heterocycles. The van der Waals surface area contributed by atoms with E-state index in [0.717, 1.165) is 30.8 Å². The lowest BCUT2D eigenvalue weighted by atomic mass is 10.2. The highest BCUT2D eigenvalue weighted by atomic mass is 19.1. The Morgan fingerprint density at radius 1 is 1.33 bits per heavy atom. The summed E-state index contributed by atoms with van der Waals surface area (Å²) in [6, 6.07) is 3.43. The molecule has 3 nitrogen and oxygen atoms in total. The van der Waals surface area contributed by atoms with Crippen LogP contribution in [0.3, 0.4) is 0 Å². The minimum atomic E-state index is -0.435. The second-order valence-corrected chi connectivity index (χ2v) is 4.08. The molecule has 0 radical (unpaired) electrons. The van der Waals surface area contributed by atoms with E-state index in [1.807, 2.05) is 10.9 Å². The maximum Gasteiger partial charge on any atom is 0.128 e. The van der Waals surface area contributed by atoms with Crippen molar-refractivity contribution in [2.75, 3.05) is 5.32 Å². The number of halogens is 2. The normalized spacial score (nSPS) is 10.6. The summed E-state index contributed by atoms with van der Waals surface area (Å²) in [5.41, 5.74) is 1.10. The van der Waals surface area contributed by atoms with Crippen LogP contribution in [-0.4, -0.2) is 9.78 Å². The molecule has 0 aliphatic carbocycles. The van der Waals surface area contributed by atoms with E-state index in [-0.39, 0.29) is 6.54 Å². The average molecular weight is 251 g/mol. The molecule has 5 heteroatoms. The zero-order valence-corrected chi connectivity index (χ0v) is 10.2. The van der Waals surface area contributed by atoms with Crippen LogP contribution in [-0.2, 0) is 13.1 Å². The molecule has 2 aromatic rings. The summed E-state index contributed by atoms with van der Waals surface area (Å²) in [7, 11) is 0. The van der Waals surface area contributed by atoms with Gasteiger partial charge in [0.2, 0.25) is 0 Å². The molecule has 18 heavy (non-hydrogen) atoms. The van der Waals surface area contributed by atoms with Gasteiger partial charge in [-0.25, -0.2) is 8.78 Å². The summed E-state index contributed by atoms with van der Waals surface area (Å²) in [5.74, 6) is -0.847. The zero-order chi connectivity index (χ0) is 13.0. The number of aromatic nitrogens is 2. The van der Waals surface area contributed by atoms with Gasteiger partial charge in [-0.05, 0) is 24.6 Å². The summed E-state index contributed by atoms with van der Waals surface area (Å²) in [5, 5.41) is 7.16. The Balaban J connectivity index is 1.99. The lowest BCUT2D eigenvalue weighted by Gasteiger charge is -2.05. The molecule has 0 aliphatic rings. The molecule has 96 valence electrons. The van der Waals surface area contributed by atoms with Gasteiger partial charge in [0.15, 0.2) is 0 Å². The van der Waals surface area contributed by atoms with Gasteiger partial charge in [0.05, 0.1) is 11.9 Å². The molecule has 0 atom stereocenters. The minimum Gasteiger partial charge on any atom is -0.378 e. The van der Waals surface area contributed by atoms with Crippen molar-refractivity contribution in [3.05, 3.63) is 47.8 Å². The predicted octanol–water partition coefficient (Wildman–Crippen LogP) is 3.18. The maximum atomic E-state index is 13.4. The predicted molar refractivity (Wildman–Crippen MR) is 66.2 cm³/mol. The van der Waals surface area contributed by atoms with E-state index >= 15 is 0 Å². The molecular formula is C13H15F2N3. The van der Waals surface area contributed by atoms with E-state index in [4.69, 9.17) is 0 Å². The highest BCUT2D eigenvalue weighted by Gasteiger charge is 2.04. The van der Waals surface area contributed by atoms with Crippen LogP contribution in [0.25, 0.3) is 0 Å². The van der Waals surface area contributed by atoms with Gasteiger partial charge in [-0.1, -0.05) is 6.92 Å². The fraction of sp³-hybridized carbons (Fsp3) is 0.308. The first-order valence-electron chi connectivity index (χ1n) is 5.89. The van der Waals surface area contributed by atoms with E-state index in [1.165, 1.54) is 6.07 Å². The average Bonchev–Trinajstić information content (AvgIpc) is 2.79. The zero-order valence-electron chi connectivity index (χ0n) is 10.2. The summed E-state index contributed by atoms with van der Waals surface area (Å²) in [6.45, 7) is 3.15. The minimum absolute atomic E-state index is 0.238. The molecule has 1 heterocycles. The monoisotopic (exact) mass is 251 g/mol. The number of hydrogen-bond acceptors (Lipinski definition) is 2. The number of nitrogens with zero attached hydrogens (tertiary/aromatic N) is 2. The Kier molecular flexibility index (Phi) is 3.92. The molecule has 0 bridgehead atoms. The van der Waals surface area contributed by atoms with Gasteiger partial charge in [0.25, 0.3) is 0 Å². The third kappa shape index (κ3) is 3.06. The molecule has 0 amide bonds. The molecule has 0 aliphatic heterocycles. The Bertz CT molecular complexity index is 523. The topological polar surface area (TPSA) is 29.9 Å². The molecule has 0 unspecified atom stereocenters. The molecule has 1 N–H and O–H groups in total. The van der Waals surface area contributed by atoms with E-state index < -0.39 is 11.6 Å². The molecule has 0 fully saturated rings. The smallest absolute Gasteiger partial charge is 0.128 e. The van der Waals surface area contributed by atoms with Gasteiger partial charge >= 0.3 is 0 Å². The van der Waals surface area contributed by atoms with Crippen LogP contribution >= 0.6 is 0 Å². The van der Waals surface area contributed by atoms with Crippen LogP contribution in [0.2, 0.25) is 0 Å². The molecular weight excluding hydrogens is 236 g/mol. The SMILES string of the molecule is CCCn1cc(NCc2cc(F)ccc2F)cn1. The second-order valence-electron chi connectivity index (χ2n) is 4.08.